The highest BCUT2D eigenvalue weighted by Crippen LogP contribution is 2.34. The number of carbonyl (C=O) groups excluding carboxylic acids is 1. The van der Waals surface area contributed by atoms with Crippen LogP contribution in [-0.2, 0) is 12.7 Å². The van der Waals surface area contributed by atoms with Crippen molar-refractivity contribution in [3.8, 4) is 11.8 Å². The Labute approximate surface area is 179 Å². The van der Waals surface area contributed by atoms with Crippen LogP contribution in [0.15, 0.2) is 18.5 Å². The fraction of sp³-hybridized carbons (Fsp3) is 0.421. The Morgan fingerprint density at radius 1 is 1.25 bits per heavy atom. The van der Waals surface area contributed by atoms with Gasteiger partial charge >= 0.3 is 6.18 Å². The number of halogens is 3. The van der Waals surface area contributed by atoms with Crippen molar-refractivity contribution < 1.29 is 32.5 Å². The Morgan fingerprint density at radius 2 is 2.00 bits per heavy atom. The summed E-state index contributed by atoms with van der Waals surface area (Å²) in [6.07, 6.45) is -1.46. The van der Waals surface area contributed by atoms with E-state index in [1.165, 1.54) is 25.1 Å². The van der Waals surface area contributed by atoms with Crippen molar-refractivity contribution in [2.24, 2.45) is 0 Å². The summed E-state index contributed by atoms with van der Waals surface area (Å²) >= 11 is 0. The van der Waals surface area contributed by atoms with Crippen LogP contribution in [0.1, 0.15) is 34.5 Å². The lowest BCUT2D eigenvalue weighted by atomic mass is 10.2. The van der Waals surface area contributed by atoms with Crippen LogP contribution in [0, 0.1) is 0 Å². The largest absolute Gasteiger partial charge is 0.481 e. The zero-order chi connectivity index (χ0) is 23.1. The molecule has 0 aliphatic heterocycles. The normalized spacial score (nSPS) is 14.9. The number of methoxy groups -OCH3 is 2. The van der Waals surface area contributed by atoms with Gasteiger partial charge < -0.3 is 19.9 Å². The summed E-state index contributed by atoms with van der Waals surface area (Å²) in [4.78, 5) is 24.8. The SMILES string of the molecule is COc1cnc2c(C(=O)NCC3(O)CC3)nn(Cc3cc(C(F)(F)F)cnc3OC)c2n1. The summed E-state index contributed by atoms with van der Waals surface area (Å²) < 4.78 is 50.9. The molecule has 2 N–H and O–H groups in total. The number of ether oxygens (including phenoxy) is 2. The Bertz CT molecular complexity index is 1180. The Hall–Kier alpha value is -3.48. The molecule has 32 heavy (non-hydrogen) atoms. The van der Waals surface area contributed by atoms with Crippen LogP contribution in [0.4, 0.5) is 13.2 Å². The molecule has 13 heteroatoms. The van der Waals surface area contributed by atoms with Gasteiger partial charge in [-0.3, -0.25) is 4.79 Å². The monoisotopic (exact) mass is 452 g/mol. The van der Waals surface area contributed by atoms with E-state index in [0.717, 1.165) is 6.07 Å². The fourth-order valence-electron chi connectivity index (χ4n) is 3.05. The van der Waals surface area contributed by atoms with Crippen LogP contribution in [-0.4, -0.2) is 62.1 Å². The molecule has 4 rings (SSSR count). The summed E-state index contributed by atoms with van der Waals surface area (Å²) in [5.41, 5.74) is -1.62. The standard InChI is InChI=1S/C19H19F3N6O4/c1-31-12-7-23-13-14(16(29)25-9-18(30)3-4-18)27-28(15(13)26-12)8-10-5-11(19(20,21)22)6-24-17(10)32-2/h5-7,30H,3-4,8-9H2,1-2H3,(H,25,29). The minimum absolute atomic E-state index is 0.0283. The average molecular weight is 452 g/mol. The maximum atomic E-state index is 13.2. The molecule has 1 fully saturated rings. The molecule has 0 radical (unpaired) electrons. The van der Waals surface area contributed by atoms with E-state index in [-0.39, 0.29) is 47.3 Å². The number of amides is 1. The van der Waals surface area contributed by atoms with Crippen LogP contribution < -0.4 is 14.8 Å². The molecule has 0 atom stereocenters. The summed E-state index contributed by atoms with van der Waals surface area (Å²) in [5, 5.41) is 16.8. The summed E-state index contributed by atoms with van der Waals surface area (Å²) in [5.74, 6) is -0.492. The topological polar surface area (TPSA) is 124 Å². The van der Waals surface area contributed by atoms with Gasteiger partial charge in [0.05, 0.1) is 38.1 Å². The molecule has 1 aliphatic rings. The number of hydrogen-bond acceptors (Lipinski definition) is 8. The van der Waals surface area contributed by atoms with Gasteiger partial charge in [-0.05, 0) is 18.9 Å². The van der Waals surface area contributed by atoms with E-state index >= 15 is 0 Å². The van der Waals surface area contributed by atoms with E-state index in [0.29, 0.717) is 19.0 Å². The summed E-state index contributed by atoms with van der Waals surface area (Å²) in [7, 11) is 2.66. The molecular weight excluding hydrogens is 433 g/mol. The maximum absolute atomic E-state index is 13.2. The second kappa shape index (κ2) is 7.89. The van der Waals surface area contributed by atoms with Gasteiger partial charge in [0.25, 0.3) is 5.91 Å². The highest BCUT2D eigenvalue weighted by molar-refractivity contribution is 6.02. The highest BCUT2D eigenvalue weighted by Gasteiger charge is 2.40. The minimum Gasteiger partial charge on any atom is -0.481 e. The van der Waals surface area contributed by atoms with Crippen LogP contribution in [0.3, 0.4) is 0 Å². The van der Waals surface area contributed by atoms with E-state index < -0.39 is 23.2 Å². The highest BCUT2D eigenvalue weighted by atomic mass is 19.4. The first-order valence-corrected chi connectivity index (χ1v) is 9.52. The molecule has 3 aromatic rings. The van der Waals surface area contributed by atoms with Crippen molar-refractivity contribution in [1.82, 2.24) is 30.0 Å². The van der Waals surface area contributed by atoms with Gasteiger partial charge in [0.15, 0.2) is 11.3 Å². The molecule has 0 spiro atoms. The number of nitrogens with one attached hydrogen (secondary N) is 1. The quantitative estimate of drug-likeness (QED) is 0.554. The van der Waals surface area contributed by atoms with E-state index in [1.54, 1.807) is 0 Å². The van der Waals surface area contributed by atoms with Crippen LogP contribution in [0.25, 0.3) is 11.2 Å². The summed E-state index contributed by atoms with van der Waals surface area (Å²) in [6, 6.07) is 0.898. The van der Waals surface area contributed by atoms with Gasteiger partial charge in [-0.2, -0.15) is 23.3 Å². The van der Waals surface area contributed by atoms with E-state index in [4.69, 9.17) is 9.47 Å². The third-order valence-electron chi connectivity index (χ3n) is 5.02. The van der Waals surface area contributed by atoms with E-state index in [9.17, 15) is 23.1 Å². The van der Waals surface area contributed by atoms with Crippen LogP contribution in [0.5, 0.6) is 11.8 Å². The first-order valence-electron chi connectivity index (χ1n) is 9.52. The van der Waals surface area contributed by atoms with Gasteiger partial charge in [0.2, 0.25) is 11.8 Å². The fourth-order valence-corrected chi connectivity index (χ4v) is 3.05. The first-order chi connectivity index (χ1) is 15.1. The number of aromatic nitrogens is 5. The van der Waals surface area contributed by atoms with Crippen molar-refractivity contribution in [3.63, 3.8) is 0 Å². The predicted octanol–water partition coefficient (Wildman–Crippen LogP) is 1.56. The van der Waals surface area contributed by atoms with E-state index in [2.05, 4.69) is 25.4 Å². The number of alkyl halides is 3. The predicted molar refractivity (Wildman–Crippen MR) is 103 cm³/mol. The average Bonchev–Trinajstić information content (AvgIpc) is 3.40. The second-order valence-electron chi connectivity index (χ2n) is 7.39. The van der Waals surface area contributed by atoms with Crippen molar-refractivity contribution in [1.29, 1.82) is 0 Å². The third kappa shape index (κ3) is 4.28. The molecule has 170 valence electrons. The lowest BCUT2D eigenvalue weighted by Gasteiger charge is -2.12. The molecule has 0 bridgehead atoms. The minimum atomic E-state index is -4.60. The summed E-state index contributed by atoms with van der Waals surface area (Å²) in [6.45, 7) is -0.176. The van der Waals surface area contributed by atoms with Gasteiger partial charge in [0.1, 0.15) is 5.52 Å². The van der Waals surface area contributed by atoms with E-state index in [1.807, 2.05) is 0 Å². The molecule has 3 aromatic heterocycles. The number of nitrogens with zero attached hydrogens (tertiary/aromatic N) is 5. The molecule has 0 saturated heterocycles. The van der Waals surface area contributed by atoms with Crippen molar-refractivity contribution in [2.75, 3.05) is 20.8 Å². The van der Waals surface area contributed by atoms with Crippen LogP contribution in [0.2, 0.25) is 0 Å². The molecule has 1 saturated carbocycles. The number of rotatable bonds is 7. The van der Waals surface area contributed by atoms with Crippen LogP contribution >= 0.6 is 0 Å². The number of hydrogen-bond donors (Lipinski definition) is 2. The van der Waals surface area contributed by atoms with Crippen molar-refractivity contribution >= 4 is 17.1 Å². The lowest BCUT2D eigenvalue weighted by molar-refractivity contribution is -0.137. The van der Waals surface area contributed by atoms with Gasteiger partial charge in [0, 0.05) is 18.3 Å². The molecule has 1 aliphatic carbocycles. The molecule has 1 amide bonds. The third-order valence-corrected chi connectivity index (χ3v) is 5.02. The van der Waals surface area contributed by atoms with Gasteiger partial charge in [-0.15, -0.1) is 0 Å². The zero-order valence-corrected chi connectivity index (χ0v) is 17.1. The van der Waals surface area contributed by atoms with Crippen molar-refractivity contribution in [3.05, 3.63) is 35.3 Å². The molecule has 0 aromatic carbocycles. The Balaban J connectivity index is 1.74. The second-order valence-corrected chi connectivity index (χ2v) is 7.39. The number of aliphatic hydroxyl groups is 1. The molecule has 3 heterocycles. The lowest BCUT2D eigenvalue weighted by Crippen LogP contribution is -2.33. The number of pyridine rings is 1. The molecule has 10 nitrogen and oxygen atoms in total. The maximum Gasteiger partial charge on any atom is 0.417 e. The molecule has 0 unspecified atom stereocenters. The van der Waals surface area contributed by atoms with Gasteiger partial charge in [-0.25, -0.2) is 14.6 Å². The number of fused-ring (bicyclic) bond motifs is 1. The zero-order valence-electron chi connectivity index (χ0n) is 17.1. The Morgan fingerprint density at radius 3 is 2.62 bits per heavy atom. The Kier molecular flexibility index (Phi) is 5.36. The smallest absolute Gasteiger partial charge is 0.417 e. The first kappa shape index (κ1) is 21.7. The van der Waals surface area contributed by atoms with Gasteiger partial charge in [-0.1, -0.05) is 0 Å². The number of carbonyl (C=O) groups is 1. The van der Waals surface area contributed by atoms with Crippen molar-refractivity contribution in [2.45, 2.75) is 31.2 Å². The molecular formula is C19H19F3N6O4.